The van der Waals surface area contributed by atoms with E-state index in [4.69, 9.17) is 17.0 Å². The quantitative estimate of drug-likeness (QED) is 0.491. The maximum atomic E-state index is 7.50. The number of rotatable bonds is 9. The van der Waals surface area contributed by atoms with Crippen molar-refractivity contribution in [3.63, 3.8) is 0 Å². The summed E-state index contributed by atoms with van der Waals surface area (Å²) >= 11 is 0. The second-order valence-electron chi connectivity index (χ2n) is 7.36. The topological polar surface area (TPSA) is 77.4 Å². The predicted octanol–water partition coefficient (Wildman–Crippen LogP) is 4.59. The van der Waals surface area contributed by atoms with Gasteiger partial charge in [-0.15, -0.1) is 0 Å². The first-order valence-corrected chi connectivity index (χ1v) is 9.81. The lowest BCUT2D eigenvalue weighted by molar-refractivity contribution is 0.410. The number of nitrogen functional groups attached to an aromatic ring is 1. The van der Waals surface area contributed by atoms with Crippen LogP contribution in [0.25, 0.3) is 4.85 Å². The van der Waals surface area contributed by atoms with E-state index in [9.17, 15) is 0 Å². The van der Waals surface area contributed by atoms with Crippen molar-refractivity contribution < 1.29 is 4.74 Å². The van der Waals surface area contributed by atoms with Crippen molar-refractivity contribution in [2.75, 3.05) is 24.7 Å². The maximum absolute atomic E-state index is 7.50. The Morgan fingerprint density at radius 2 is 2.00 bits per heavy atom. The summed E-state index contributed by atoms with van der Waals surface area (Å²) in [5, 5.41) is 3.42. The number of nitrogens with two attached hydrogens (primary N) is 1. The van der Waals surface area contributed by atoms with Crippen LogP contribution in [0.1, 0.15) is 62.9 Å². The molecule has 3 N–H and O–H groups in total. The molecular weight excluding hydrogens is 350 g/mol. The van der Waals surface area contributed by atoms with Crippen LogP contribution in [-0.2, 0) is 18.4 Å². The van der Waals surface area contributed by atoms with E-state index in [0.717, 1.165) is 59.8 Å². The molecule has 0 radical (unpaired) electrons. The van der Waals surface area contributed by atoms with Gasteiger partial charge in [-0.1, -0.05) is 20.3 Å². The zero-order valence-electron chi connectivity index (χ0n) is 17.6. The Balaban J connectivity index is 2.51. The normalized spacial score (nSPS) is 11.1. The van der Waals surface area contributed by atoms with Gasteiger partial charge in [-0.3, -0.25) is 0 Å². The molecule has 2 rings (SSSR count). The molecule has 0 aliphatic carbocycles. The summed E-state index contributed by atoms with van der Waals surface area (Å²) < 4.78 is 5.59. The van der Waals surface area contributed by atoms with Crippen molar-refractivity contribution in [3.05, 3.63) is 52.0 Å². The Morgan fingerprint density at radius 3 is 2.61 bits per heavy atom. The van der Waals surface area contributed by atoms with Crippen LogP contribution in [0.2, 0.25) is 0 Å². The number of nitrogens with one attached hydrogen (secondary N) is 1. The van der Waals surface area contributed by atoms with E-state index < -0.39 is 5.54 Å². The Hall–Kier alpha value is -2.81. The summed E-state index contributed by atoms with van der Waals surface area (Å²) in [7, 11) is 1.67. The standard InChI is InChI=1S/C22H31N5O/c1-7-9-12-25-20-17(18(8-2)26-21(23)27-20)14-15-13-16(22(3,4)24-5)10-11-19(15)28-6/h10-11,13H,7-9,12,14H2,1-4,6H3,(H3,23,25,26,27). The minimum atomic E-state index is -0.589. The number of benzene rings is 1. The zero-order valence-corrected chi connectivity index (χ0v) is 17.6. The Kier molecular flexibility index (Phi) is 7.22. The largest absolute Gasteiger partial charge is 0.496 e. The highest BCUT2D eigenvalue weighted by molar-refractivity contribution is 5.54. The number of aromatic nitrogens is 2. The van der Waals surface area contributed by atoms with Gasteiger partial charge in [0.05, 0.1) is 12.8 Å². The Labute approximate surface area is 168 Å². The van der Waals surface area contributed by atoms with Crippen LogP contribution < -0.4 is 15.8 Å². The van der Waals surface area contributed by atoms with E-state index >= 15 is 0 Å². The van der Waals surface area contributed by atoms with Gasteiger partial charge in [0.15, 0.2) is 0 Å². The van der Waals surface area contributed by atoms with Crippen LogP contribution in [0.5, 0.6) is 5.75 Å². The molecule has 0 unspecified atom stereocenters. The highest BCUT2D eigenvalue weighted by Crippen LogP contribution is 2.32. The molecule has 0 amide bonds. The minimum absolute atomic E-state index is 0.287. The number of nitrogens with zero attached hydrogens (tertiary/aromatic N) is 3. The number of aryl methyl sites for hydroxylation is 1. The first-order valence-electron chi connectivity index (χ1n) is 9.81. The third-order valence-corrected chi connectivity index (χ3v) is 4.90. The smallest absolute Gasteiger partial charge is 0.252 e. The lowest BCUT2D eigenvalue weighted by atomic mass is 9.91. The number of methoxy groups -OCH3 is 1. The summed E-state index contributed by atoms with van der Waals surface area (Å²) in [5.41, 5.74) is 9.29. The van der Waals surface area contributed by atoms with Crippen molar-refractivity contribution in [1.82, 2.24) is 9.97 Å². The number of hydrogen-bond acceptors (Lipinski definition) is 5. The summed E-state index contributed by atoms with van der Waals surface area (Å²) in [5.74, 6) is 1.87. The van der Waals surface area contributed by atoms with Gasteiger partial charge >= 0.3 is 0 Å². The van der Waals surface area contributed by atoms with E-state index in [1.807, 2.05) is 26.0 Å². The summed E-state index contributed by atoms with van der Waals surface area (Å²) in [6.45, 7) is 16.4. The molecule has 6 heteroatoms. The highest BCUT2D eigenvalue weighted by Gasteiger charge is 2.27. The molecule has 1 aromatic carbocycles. The maximum Gasteiger partial charge on any atom is 0.252 e. The van der Waals surface area contributed by atoms with Crippen molar-refractivity contribution in [3.8, 4) is 5.75 Å². The van der Waals surface area contributed by atoms with E-state index in [1.165, 1.54) is 0 Å². The van der Waals surface area contributed by atoms with Gasteiger partial charge in [0.25, 0.3) is 5.54 Å². The monoisotopic (exact) mass is 381 g/mol. The fourth-order valence-corrected chi connectivity index (χ4v) is 3.11. The average molecular weight is 382 g/mol. The van der Waals surface area contributed by atoms with E-state index in [0.29, 0.717) is 6.42 Å². The lowest BCUT2D eigenvalue weighted by Crippen LogP contribution is -2.14. The van der Waals surface area contributed by atoms with Crippen LogP contribution in [0.4, 0.5) is 11.8 Å². The molecule has 1 aromatic heterocycles. The lowest BCUT2D eigenvalue weighted by Gasteiger charge is -2.18. The highest BCUT2D eigenvalue weighted by atomic mass is 16.5. The third kappa shape index (κ3) is 4.92. The Bertz CT molecular complexity index is 855. The van der Waals surface area contributed by atoms with Gasteiger partial charge in [-0.2, -0.15) is 4.98 Å². The first kappa shape index (κ1) is 21.5. The fourth-order valence-electron chi connectivity index (χ4n) is 3.11. The molecule has 0 saturated carbocycles. The number of ether oxygens (including phenoxy) is 1. The van der Waals surface area contributed by atoms with Gasteiger partial charge in [0, 0.05) is 37.9 Å². The SMILES string of the molecule is [C-]#[N+]C(C)(C)c1ccc(OC)c(Cc2c(CC)nc(N)nc2NCCCC)c1. The average Bonchev–Trinajstić information content (AvgIpc) is 2.69. The molecule has 150 valence electrons. The molecule has 6 nitrogen and oxygen atoms in total. The summed E-state index contributed by atoms with van der Waals surface area (Å²) in [6, 6.07) is 5.95. The van der Waals surface area contributed by atoms with Gasteiger partial charge in [-0.25, -0.2) is 11.6 Å². The Morgan fingerprint density at radius 1 is 1.25 bits per heavy atom. The van der Waals surface area contributed by atoms with Gasteiger partial charge in [0.2, 0.25) is 5.95 Å². The molecule has 0 bridgehead atoms. The molecule has 0 fully saturated rings. The number of unbranched alkanes of at least 4 members (excludes halogenated alkanes) is 1. The van der Waals surface area contributed by atoms with Crippen LogP contribution in [0, 0.1) is 6.57 Å². The van der Waals surface area contributed by atoms with Gasteiger partial charge in [-0.05, 0) is 36.6 Å². The minimum Gasteiger partial charge on any atom is -0.496 e. The zero-order chi connectivity index (χ0) is 20.7. The van der Waals surface area contributed by atoms with Crippen molar-refractivity contribution >= 4 is 11.8 Å². The van der Waals surface area contributed by atoms with Crippen LogP contribution >= 0.6 is 0 Å². The molecule has 2 aromatic rings. The van der Waals surface area contributed by atoms with Crippen molar-refractivity contribution in [1.29, 1.82) is 0 Å². The van der Waals surface area contributed by atoms with Gasteiger partial charge < -0.3 is 20.6 Å². The third-order valence-electron chi connectivity index (χ3n) is 4.90. The fraction of sp³-hybridized carbons (Fsp3) is 0.500. The molecule has 0 saturated heterocycles. The summed E-state index contributed by atoms with van der Waals surface area (Å²) in [4.78, 5) is 12.7. The van der Waals surface area contributed by atoms with Crippen LogP contribution in [0.15, 0.2) is 18.2 Å². The second kappa shape index (κ2) is 9.41. The van der Waals surface area contributed by atoms with Crippen LogP contribution in [-0.4, -0.2) is 23.6 Å². The first-order chi connectivity index (χ1) is 13.4. The molecule has 0 aliphatic heterocycles. The van der Waals surface area contributed by atoms with Gasteiger partial charge in [0.1, 0.15) is 11.6 Å². The van der Waals surface area contributed by atoms with Crippen molar-refractivity contribution in [2.45, 2.75) is 58.9 Å². The van der Waals surface area contributed by atoms with Crippen LogP contribution in [0.3, 0.4) is 0 Å². The van der Waals surface area contributed by atoms with E-state index in [1.54, 1.807) is 7.11 Å². The number of hydrogen-bond donors (Lipinski definition) is 2. The molecule has 0 atom stereocenters. The molecule has 1 heterocycles. The van der Waals surface area contributed by atoms with E-state index in [2.05, 4.69) is 40.0 Å². The second-order valence-corrected chi connectivity index (χ2v) is 7.36. The summed E-state index contributed by atoms with van der Waals surface area (Å²) in [6.07, 6.45) is 3.54. The number of anilines is 2. The van der Waals surface area contributed by atoms with Crippen molar-refractivity contribution in [2.24, 2.45) is 0 Å². The molecule has 28 heavy (non-hydrogen) atoms. The molecule has 0 spiro atoms. The van der Waals surface area contributed by atoms with E-state index in [-0.39, 0.29) is 5.95 Å². The predicted molar refractivity (Wildman–Crippen MR) is 115 cm³/mol. The molecular formula is C22H31N5O. The molecule has 0 aliphatic rings.